The first-order valence-electron chi connectivity index (χ1n) is 4.18. The molecule has 0 amide bonds. The van der Waals surface area contributed by atoms with Crippen LogP contribution in [-0.2, 0) is 5.33 Å². The molecule has 0 aliphatic heterocycles. The van der Waals surface area contributed by atoms with E-state index < -0.39 is 0 Å². The predicted molar refractivity (Wildman–Crippen MR) is 65.1 cm³/mol. The second kappa shape index (κ2) is 4.60. The summed E-state index contributed by atoms with van der Waals surface area (Å²) < 4.78 is 14.0. The van der Waals surface area contributed by atoms with Crippen LogP contribution >= 0.6 is 38.9 Å². The van der Waals surface area contributed by atoms with Crippen LogP contribution in [0.15, 0.2) is 24.3 Å². The van der Waals surface area contributed by atoms with E-state index in [0.29, 0.717) is 15.4 Å². The maximum Gasteiger partial charge on any atom is 0.184 e. The highest BCUT2D eigenvalue weighted by Gasteiger charge is 2.13. The number of hydrogen-bond donors (Lipinski definition) is 0. The third kappa shape index (κ3) is 2.22. The lowest BCUT2D eigenvalue weighted by Gasteiger charge is -2.00. The molecule has 0 saturated carbocycles. The first kappa shape index (κ1) is 11.0. The molecule has 2 aromatic rings. The van der Waals surface area contributed by atoms with Gasteiger partial charge < -0.3 is 0 Å². The molecule has 0 saturated heterocycles. The van der Waals surface area contributed by atoms with Gasteiger partial charge in [-0.15, -0.1) is 11.3 Å². The highest BCUT2D eigenvalue weighted by molar-refractivity contribution is 9.08. The Morgan fingerprint density at radius 3 is 2.80 bits per heavy atom. The van der Waals surface area contributed by atoms with Gasteiger partial charge in [0, 0.05) is 10.9 Å². The Labute approximate surface area is 104 Å². The molecule has 5 heteroatoms. The fourth-order valence-electron chi connectivity index (χ4n) is 1.27. The normalized spacial score (nSPS) is 10.6. The first-order valence-corrected chi connectivity index (χ1v) is 6.50. The van der Waals surface area contributed by atoms with Gasteiger partial charge in [-0.2, -0.15) is 0 Å². The molecule has 0 aliphatic carbocycles. The van der Waals surface area contributed by atoms with Crippen LogP contribution in [0.3, 0.4) is 0 Å². The van der Waals surface area contributed by atoms with Gasteiger partial charge >= 0.3 is 0 Å². The third-order valence-electron chi connectivity index (χ3n) is 1.92. The van der Waals surface area contributed by atoms with Gasteiger partial charge in [0.05, 0.1) is 10.6 Å². The Morgan fingerprint density at radius 1 is 1.40 bits per heavy atom. The van der Waals surface area contributed by atoms with E-state index in [1.54, 1.807) is 18.2 Å². The van der Waals surface area contributed by atoms with E-state index in [4.69, 9.17) is 11.6 Å². The van der Waals surface area contributed by atoms with Crippen molar-refractivity contribution in [3.8, 4) is 10.4 Å². The van der Waals surface area contributed by atoms with Crippen LogP contribution in [0.2, 0.25) is 4.47 Å². The summed E-state index contributed by atoms with van der Waals surface area (Å²) >= 11 is 10.4. The molecule has 0 spiro atoms. The van der Waals surface area contributed by atoms with Crippen LogP contribution in [0.1, 0.15) is 5.69 Å². The third-order valence-corrected chi connectivity index (χ3v) is 3.68. The number of halogens is 3. The summed E-state index contributed by atoms with van der Waals surface area (Å²) in [6.07, 6.45) is 0. The maximum absolute atomic E-state index is 13.5. The summed E-state index contributed by atoms with van der Waals surface area (Å²) in [5.41, 5.74) is 1.33. The summed E-state index contributed by atoms with van der Waals surface area (Å²) in [6, 6.07) is 6.62. The van der Waals surface area contributed by atoms with Crippen molar-refractivity contribution < 1.29 is 4.39 Å². The van der Waals surface area contributed by atoms with Crippen LogP contribution in [0.25, 0.3) is 10.4 Å². The molecule has 0 unspecified atom stereocenters. The summed E-state index contributed by atoms with van der Waals surface area (Å²) in [5, 5.41) is 0.569. The van der Waals surface area contributed by atoms with Gasteiger partial charge in [-0.3, -0.25) is 0 Å². The number of alkyl halides is 1. The van der Waals surface area contributed by atoms with Crippen LogP contribution in [0, 0.1) is 5.82 Å². The average Bonchev–Trinajstić information content (AvgIpc) is 2.60. The molecule has 0 aliphatic rings. The Hall–Kier alpha value is -0.450. The molecule has 15 heavy (non-hydrogen) atoms. The number of rotatable bonds is 2. The molecular weight excluding hydrogens is 301 g/mol. The average molecular weight is 307 g/mol. The minimum Gasteiger partial charge on any atom is -0.228 e. The van der Waals surface area contributed by atoms with Gasteiger partial charge in [-0.05, 0) is 6.07 Å². The van der Waals surface area contributed by atoms with E-state index >= 15 is 0 Å². The van der Waals surface area contributed by atoms with Gasteiger partial charge in [0.2, 0.25) is 0 Å². The molecule has 78 valence electrons. The highest BCUT2D eigenvalue weighted by Crippen LogP contribution is 2.35. The lowest BCUT2D eigenvalue weighted by molar-refractivity contribution is 0.631. The minimum atomic E-state index is -0.250. The van der Waals surface area contributed by atoms with Gasteiger partial charge in [0.25, 0.3) is 0 Å². The van der Waals surface area contributed by atoms with Crippen molar-refractivity contribution in [2.75, 3.05) is 0 Å². The standard InChI is InChI=1S/C10H6BrClFNS/c11-5-8-9(15-10(12)14-8)6-3-1-2-4-7(6)13/h1-4H,5H2. The summed E-state index contributed by atoms with van der Waals surface area (Å²) in [5.74, 6) is -0.250. The maximum atomic E-state index is 13.5. The molecule has 1 heterocycles. The van der Waals surface area contributed by atoms with Crippen molar-refractivity contribution >= 4 is 38.9 Å². The quantitative estimate of drug-likeness (QED) is 0.745. The number of thiazole rings is 1. The number of benzene rings is 1. The fraction of sp³-hybridized carbons (Fsp3) is 0.100. The summed E-state index contributed by atoms with van der Waals surface area (Å²) in [7, 11) is 0. The Bertz CT molecular complexity index is 486. The molecule has 2 rings (SSSR count). The van der Waals surface area contributed by atoms with E-state index in [0.717, 1.165) is 10.6 Å². The molecule has 0 atom stereocenters. The number of nitrogens with zero attached hydrogens (tertiary/aromatic N) is 1. The lowest BCUT2D eigenvalue weighted by Crippen LogP contribution is -1.85. The topological polar surface area (TPSA) is 12.9 Å². The summed E-state index contributed by atoms with van der Waals surface area (Å²) in [4.78, 5) is 4.90. The Morgan fingerprint density at radius 2 is 2.13 bits per heavy atom. The molecule has 0 radical (unpaired) electrons. The lowest BCUT2D eigenvalue weighted by atomic mass is 10.1. The summed E-state index contributed by atoms with van der Waals surface area (Å²) in [6.45, 7) is 0. The monoisotopic (exact) mass is 305 g/mol. The zero-order valence-electron chi connectivity index (χ0n) is 7.51. The zero-order chi connectivity index (χ0) is 10.8. The molecule has 1 aromatic heterocycles. The first-order chi connectivity index (χ1) is 7.22. The zero-order valence-corrected chi connectivity index (χ0v) is 10.7. The number of aromatic nitrogens is 1. The number of hydrogen-bond acceptors (Lipinski definition) is 2. The fourth-order valence-corrected chi connectivity index (χ4v) is 3.03. The minimum absolute atomic E-state index is 0.250. The van der Waals surface area contributed by atoms with Crippen molar-refractivity contribution in [1.29, 1.82) is 0 Å². The van der Waals surface area contributed by atoms with Crippen LogP contribution < -0.4 is 0 Å². The van der Waals surface area contributed by atoms with E-state index in [-0.39, 0.29) is 5.82 Å². The van der Waals surface area contributed by atoms with E-state index in [9.17, 15) is 4.39 Å². The molecule has 0 bridgehead atoms. The van der Waals surface area contributed by atoms with Gasteiger partial charge in [0.1, 0.15) is 5.82 Å². The van der Waals surface area contributed by atoms with E-state index in [1.165, 1.54) is 17.4 Å². The second-order valence-corrected chi connectivity index (χ2v) is 5.00. The molecule has 0 fully saturated rings. The second-order valence-electron chi connectivity index (χ2n) is 2.86. The van der Waals surface area contributed by atoms with Crippen molar-refractivity contribution in [3.63, 3.8) is 0 Å². The van der Waals surface area contributed by atoms with Gasteiger partial charge in [0.15, 0.2) is 4.47 Å². The van der Waals surface area contributed by atoms with Crippen molar-refractivity contribution in [1.82, 2.24) is 4.98 Å². The molecule has 1 aromatic carbocycles. The van der Waals surface area contributed by atoms with Crippen molar-refractivity contribution in [2.24, 2.45) is 0 Å². The SMILES string of the molecule is Fc1ccccc1-c1sc(Cl)nc1CBr. The van der Waals surface area contributed by atoms with Crippen LogP contribution in [-0.4, -0.2) is 4.98 Å². The molecule has 1 nitrogen and oxygen atoms in total. The van der Waals surface area contributed by atoms with E-state index in [1.807, 2.05) is 0 Å². The van der Waals surface area contributed by atoms with Gasteiger partial charge in [-0.1, -0.05) is 45.7 Å². The van der Waals surface area contributed by atoms with Crippen molar-refractivity contribution in [2.45, 2.75) is 5.33 Å². The predicted octanol–water partition coefficient (Wildman–Crippen LogP) is 4.50. The Kier molecular flexibility index (Phi) is 3.38. The van der Waals surface area contributed by atoms with Crippen LogP contribution in [0.5, 0.6) is 0 Å². The van der Waals surface area contributed by atoms with Crippen LogP contribution in [0.4, 0.5) is 4.39 Å². The molecular formula is C10H6BrClFNS. The smallest absolute Gasteiger partial charge is 0.184 e. The highest BCUT2D eigenvalue weighted by atomic mass is 79.9. The Balaban J connectivity index is 2.58. The van der Waals surface area contributed by atoms with Crippen molar-refractivity contribution in [3.05, 3.63) is 40.2 Å². The van der Waals surface area contributed by atoms with E-state index in [2.05, 4.69) is 20.9 Å². The van der Waals surface area contributed by atoms with Gasteiger partial charge in [-0.25, -0.2) is 9.37 Å². The molecule has 0 N–H and O–H groups in total. The largest absolute Gasteiger partial charge is 0.228 e.